The first-order chi connectivity index (χ1) is 7.39. The van der Waals surface area contributed by atoms with Crippen molar-refractivity contribution in [1.29, 1.82) is 0 Å². The second-order valence-electron chi connectivity index (χ2n) is 5.57. The molecule has 0 aromatic heterocycles. The van der Waals surface area contributed by atoms with Crippen LogP contribution in [0, 0.1) is 20.8 Å². The molecule has 1 aromatic carbocycles. The minimum Gasteiger partial charge on any atom is -0.0778 e. The van der Waals surface area contributed by atoms with Gasteiger partial charge in [-0.05, 0) is 48.6 Å². The molecule has 0 fully saturated rings. The number of hydrogen-bond donors (Lipinski definition) is 0. The highest BCUT2D eigenvalue weighted by atomic mass is 28.2. The SMILES string of the molecule is C[SiH2]C1=Cc2c(C)c(C)cc(C)c2C1(C)C. The molecule has 0 aliphatic heterocycles. The van der Waals surface area contributed by atoms with Crippen LogP contribution in [0.4, 0.5) is 0 Å². The van der Waals surface area contributed by atoms with E-state index in [4.69, 9.17) is 0 Å². The third kappa shape index (κ3) is 1.41. The average Bonchev–Trinajstić information content (AvgIpc) is 2.46. The van der Waals surface area contributed by atoms with Crippen LogP contribution in [0.5, 0.6) is 0 Å². The summed E-state index contributed by atoms with van der Waals surface area (Å²) in [7, 11) is -0.0608. The van der Waals surface area contributed by atoms with Gasteiger partial charge in [0.05, 0.1) is 0 Å². The summed E-state index contributed by atoms with van der Waals surface area (Å²) < 4.78 is 0. The van der Waals surface area contributed by atoms with Crippen molar-refractivity contribution in [2.45, 2.75) is 46.6 Å². The second kappa shape index (κ2) is 3.59. The van der Waals surface area contributed by atoms with Crippen molar-refractivity contribution >= 4 is 15.6 Å². The van der Waals surface area contributed by atoms with Crippen LogP contribution < -0.4 is 0 Å². The molecule has 0 unspecified atom stereocenters. The Morgan fingerprint density at radius 3 is 2.25 bits per heavy atom. The third-order valence-electron chi connectivity index (χ3n) is 4.22. The maximum absolute atomic E-state index is 2.48. The van der Waals surface area contributed by atoms with E-state index in [2.05, 4.69) is 53.3 Å². The monoisotopic (exact) mass is 230 g/mol. The average molecular weight is 230 g/mol. The number of rotatable bonds is 1. The predicted octanol–water partition coefficient (Wildman–Crippen LogP) is 3.46. The van der Waals surface area contributed by atoms with E-state index in [0.29, 0.717) is 5.41 Å². The lowest BCUT2D eigenvalue weighted by molar-refractivity contribution is 0.662. The van der Waals surface area contributed by atoms with Gasteiger partial charge >= 0.3 is 0 Å². The van der Waals surface area contributed by atoms with Gasteiger partial charge in [-0.3, -0.25) is 0 Å². The fourth-order valence-corrected chi connectivity index (χ4v) is 4.66. The van der Waals surface area contributed by atoms with E-state index in [0.717, 1.165) is 0 Å². The Hall–Kier alpha value is -0.823. The van der Waals surface area contributed by atoms with E-state index >= 15 is 0 Å². The molecule has 0 saturated heterocycles. The van der Waals surface area contributed by atoms with Gasteiger partial charge in [0.1, 0.15) is 0 Å². The lowest BCUT2D eigenvalue weighted by Gasteiger charge is -2.26. The number of hydrogen-bond acceptors (Lipinski definition) is 0. The summed E-state index contributed by atoms with van der Waals surface area (Å²) in [5, 5.41) is 1.71. The van der Waals surface area contributed by atoms with Crippen LogP contribution in [0.3, 0.4) is 0 Å². The van der Waals surface area contributed by atoms with Gasteiger partial charge in [-0.2, -0.15) is 0 Å². The highest BCUT2D eigenvalue weighted by Crippen LogP contribution is 2.44. The number of fused-ring (bicyclic) bond motifs is 1. The summed E-state index contributed by atoms with van der Waals surface area (Å²) in [6.45, 7) is 13.9. The third-order valence-corrected chi connectivity index (χ3v) is 6.07. The quantitative estimate of drug-likeness (QED) is 0.648. The van der Waals surface area contributed by atoms with Crippen molar-refractivity contribution < 1.29 is 0 Å². The zero-order valence-corrected chi connectivity index (χ0v) is 12.8. The molecule has 0 amide bonds. The number of allylic oxidation sites excluding steroid dienone is 1. The predicted molar refractivity (Wildman–Crippen MR) is 76.1 cm³/mol. The summed E-state index contributed by atoms with van der Waals surface area (Å²) in [4.78, 5) is 0. The summed E-state index contributed by atoms with van der Waals surface area (Å²) in [5.74, 6) is 0. The molecular weight excluding hydrogens is 208 g/mol. The van der Waals surface area contributed by atoms with E-state index in [1.54, 1.807) is 10.8 Å². The van der Waals surface area contributed by atoms with Gasteiger partial charge in [0, 0.05) is 14.9 Å². The summed E-state index contributed by atoms with van der Waals surface area (Å²) in [6.07, 6.45) is 2.48. The molecule has 0 bridgehead atoms. The lowest BCUT2D eigenvalue weighted by Crippen LogP contribution is -2.21. The van der Waals surface area contributed by atoms with Crippen molar-refractivity contribution in [2.24, 2.45) is 0 Å². The van der Waals surface area contributed by atoms with Crippen LogP contribution in [0.2, 0.25) is 6.55 Å². The fourth-order valence-electron chi connectivity index (χ4n) is 3.19. The molecule has 1 aromatic rings. The van der Waals surface area contributed by atoms with Gasteiger partial charge in [0.25, 0.3) is 0 Å². The molecule has 0 saturated carbocycles. The molecule has 1 aliphatic carbocycles. The smallest absolute Gasteiger partial charge is 0.0476 e. The molecule has 0 radical (unpaired) electrons. The maximum atomic E-state index is 2.48. The Labute approximate surface area is 102 Å². The largest absolute Gasteiger partial charge is 0.0778 e. The van der Waals surface area contributed by atoms with Crippen LogP contribution in [0.1, 0.15) is 41.7 Å². The van der Waals surface area contributed by atoms with E-state index in [1.165, 1.54) is 22.3 Å². The van der Waals surface area contributed by atoms with Gasteiger partial charge < -0.3 is 0 Å². The lowest BCUT2D eigenvalue weighted by atomic mass is 9.82. The van der Waals surface area contributed by atoms with Crippen LogP contribution in [0.25, 0.3) is 6.08 Å². The summed E-state index contributed by atoms with van der Waals surface area (Å²) in [6, 6.07) is 2.35. The molecule has 0 nitrogen and oxygen atoms in total. The van der Waals surface area contributed by atoms with Gasteiger partial charge in [-0.15, -0.1) is 0 Å². The minimum atomic E-state index is -0.0608. The Kier molecular flexibility index (Phi) is 2.62. The van der Waals surface area contributed by atoms with E-state index in [-0.39, 0.29) is 9.52 Å². The summed E-state index contributed by atoms with van der Waals surface area (Å²) in [5.41, 5.74) is 7.77. The Morgan fingerprint density at radius 1 is 1.06 bits per heavy atom. The summed E-state index contributed by atoms with van der Waals surface area (Å²) >= 11 is 0. The normalized spacial score (nSPS) is 18.0. The van der Waals surface area contributed by atoms with Gasteiger partial charge in [0.2, 0.25) is 0 Å². The van der Waals surface area contributed by atoms with Crippen LogP contribution >= 0.6 is 0 Å². The molecule has 1 aliphatic rings. The van der Waals surface area contributed by atoms with Crippen molar-refractivity contribution in [2.75, 3.05) is 0 Å². The zero-order valence-electron chi connectivity index (χ0n) is 11.4. The van der Waals surface area contributed by atoms with Crippen molar-refractivity contribution in [1.82, 2.24) is 0 Å². The Bertz CT molecular complexity index is 479. The highest BCUT2D eigenvalue weighted by molar-refractivity contribution is 6.46. The van der Waals surface area contributed by atoms with E-state index in [9.17, 15) is 0 Å². The van der Waals surface area contributed by atoms with Crippen molar-refractivity contribution in [3.8, 4) is 0 Å². The highest BCUT2D eigenvalue weighted by Gasteiger charge is 2.33. The molecule has 0 spiro atoms. The van der Waals surface area contributed by atoms with Gasteiger partial charge in [0.15, 0.2) is 0 Å². The van der Waals surface area contributed by atoms with E-state index < -0.39 is 0 Å². The topological polar surface area (TPSA) is 0 Å². The Morgan fingerprint density at radius 2 is 1.69 bits per heavy atom. The molecule has 16 heavy (non-hydrogen) atoms. The molecule has 1 heteroatoms. The van der Waals surface area contributed by atoms with Gasteiger partial charge in [-0.25, -0.2) is 0 Å². The molecule has 2 rings (SSSR count). The van der Waals surface area contributed by atoms with Crippen LogP contribution in [0.15, 0.2) is 11.3 Å². The maximum Gasteiger partial charge on any atom is 0.0476 e. The van der Waals surface area contributed by atoms with Crippen molar-refractivity contribution in [3.63, 3.8) is 0 Å². The molecule has 0 atom stereocenters. The second-order valence-corrected chi connectivity index (χ2v) is 7.04. The Balaban J connectivity index is 2.77. The molecule has 0 N–H and O–H groups in total. The number of aryl methyl sites for hydroxylation is 2. The van der Waals surface area contributed by atoms with Gasteiger partial charge in [-0.1, -0.05) is 37.7 Å². The molecular formula is C15H22Si. The minimum absolute atomic E-state index is 0.0608. The zero-order chi connectivity index (χ0) is 12.1. The van der Waals surface area contributed by atoms with Crippen LogP contribution in [-0.4, -0.2) is 9.52 Å². The number of benzene rings is 1. The fraction of sp³-hybridized carbons (Fsp3) is 0.467. The van der Waals surface area contributed by atoms with Crippen LogP contribution in [-0.2, 0) is 5.41 Å². The first-order valence-corrected chi connectivity index (χ1v) is 8.34. The molecule has 86 valence electrons. The standard InChI is InChI=1S/C15H22Si/c1-9-7-10(2)14-12(11(9)3)8-13(16-6)15(14,4)5/h7-8H,16H2,1-6H3. The molecule has 0 heterocycles. The first kappa shape index (κ1) is 11.7. The van der Waals surface area contributed by atoms with Crippen molar-refractivity contribution in [3.05, 3.63) is 39.1 Å². The first-order valence-electron chi connectivity index (χ1n) is 6.22. The van der Waals surface area contributed by atoms with E-state index in [1.807, 2.05) is 0 Å².